The largest absolute Gasteiger partial charge is 0.462 e. The Morgan fingerprint density at radius 1 is 1.13 bits per heavy atom. The fourth-order valence-electron chi connectivity index (χ4n) is 2.72. The minimum Gasteiger partial charge on any atom is -0.462 e. The number of ether oxygens (including phenoxy) is 3. The minimum absolute atomic E-state index is 0.147. The van der Waals surface area contributed by atoms with Crippen LogP contribution in [0.5, 0.6) is 0 Å². The van der Waals surface area contributed by atoms with Crippen molar-refractivity contribution in [1.29, 1.82) is 0 Å². The van der Waals surface area contributed by atoms with Crippen LogP contribution in [-0.4, -0.2) is 48.7 Å². The molecular formula is C15H23NO7. The monoisotopic (exact) mass is 329 g/mol. The lowest BCUT2D eigenvalue weighted by Crippen LogP contribution is -2.46. The SMILES string of the molecule is CC[C@H]1NC(=O)C[C@@H]1[C@H](OC(C)=O)[C@@H](COC(C)=O)OC(C)=O. The maximum Gasteiger partial charge on any atom is 0.303 e. The van der Waals surface area contributed by atoms with Gasteiger partial charge in [-0.3, -0.25) is 19.2 Å². The zero-order valence-corrected chi connectivity index (χ0v) is 13.8. The number of amides is 1. The van der Waals surface area contributed by atoms with Crippen molar-refractivity contribution in [3.63, 3.8) is 0 Å². The molecule has 23 heavy (non-hydrogen) atoms. The van der Waals surface area contributed by atoms with Gasteiger partial charge in [-0.2, -0.15) is 0 Å². The Balaban J connectivity index is 3.02. The summed E-state index contributed by atoms with van der Waals surface area (Å²) in [4.78, 5) is 45.5. The Labute approximate surface area is 134 Å². The summed E-state index contributed by atoms with van der Waals surface area (Å²) in [6.45, 7) is 5.31. The molecule has 0 bridgehead atoms. The summed E-state index contributed by atoms with van der Waals surface area (Å²) in [6, 6.07) is -0.206. The van der Waals surface area contributed by atoms with Crippen molar-refractivity contribution in [2.24, 2.45) is 5.92 Å². The van der Waals surface area contributed by atoms with Crippen molar-refractivity contribution < 1.29 is 33.4 Å². The summed E-state index contributed by atoms with van der Waals surface area (Å²) in [5, 5.41) is 2.80. The highest BCUT2D eigenvalue weighted by Gasteiger charge is 2.44. The molecule has 0 saturated carbocycles. The molecule has 0 aromatic heterocycles. The second-order valence-electron chi connectivity index (χ2n) is 5.47. The molecule has 130 valence electrons. The van der Waals surface area contributed by atoms with E-state index in [1.54, 1.807) is 0 Å². The molecule has 1 N–H and O–H groups in total. The van der Waals surface area contributed by atoms with E-state index < -0.39 is 30.1 Å². The van der Waals surface area contributed by atoms with Crippen molar-refractivity contribution in [3.05, 3.63) is 0 Å². The van der Waals surface area contributed by atoms with Gasteiger partial charge in [0.1, 0.15) is 12.7 Å². The van der Waals surface area contributed by atoms with Gasteiger partial charge in [-0.1, -0.05) is 6.92 Å². The fraction of sp³-hybridized carbons (Fsp3) is 0.733. The Bertz CT molecular complexity index is 476. The molecule has 0 aliphatic carbocycles. The van der Waals surface area contributed by atoms with Gasteiger partial charge in [0, 0.05) is 39.2 Å². The van der Waals surface area contributed by atoms with Crippen molar-refractivity contribution in [1.82, 2.24) is 5.32 Å². The van der Waals surface area contributed by atoms with E-state index in [0.29, 0.717) is 6.42 Å². The second kappa shape index (κ2) is 8.50. The van der Waals surface area contributed by atoms with Gasteiger partial charge in [0.15, 0.2) is 6.10 Å². The number of carbonyl (C=O) groups excluding carboxylic acids is 4. The average Bonchev–Trinajstić information content (AvgIpc) is 2.81. The molecule has 8 nitrogen and oxygen atoms in total. The number of hydrogen-bond acceptors (Lipinski definition) is 7. The maximum absolute atomic E-state index is 11.7. The molecule has 1 fully saturated rings. The molecule has 1 aliphatic heterocycles. The van der Waals surface area contributed by atoms with Gasteiger partial charge in [-0.05, 0) is 6.42 Å². The van der Waals surface area contributed by atoms with E-state index in [2.05, 4.69) is 5.32 Å². The predicted molar refractivity (Wildman–Crippen MR) is 78.1 cm³/mol. The highest BCUT2D eigenvalue weighted by atomic mass is 16.6. The van der Waals surface area contributed by atoms with Gasteiger partial charge in [0.05, 0.1) is 0 Å². The third kappa shape index (κ3) is 5.88. The quantitative estimate of drug-likeness (QED) is 0.529. The summed E-state index contributed by atoms with van der Waals surface area (Å²) in [6.07, 6.45) is -1.06. The van der Waals surface area contributed by atoms with Gasteiger partial charge < -0.3 is 19.5 Å². The molecule has 8 heteroatoms. The van der Waals surface area contributed by atoms with E-state index in [9.17, 15) is 19.2 Å². The molecule has 4 atom stereocenters. The summed E-state index contributed by atoms with van der Waals surface area (Å²) in [5.74, 6) is -2.23. The zero-order valence-electron chi connectivity index (χ0n) is 13.8. The molecule has 0 radical (unpaired) electrons. The number of rotatable bonds is 7. The summed E-state index contributed by atoms with van der Waals surface area (Å²) < 4.78 is 15.4. The first-order chi connectivity index (χ1) is 10.7. The van der Waals surface area contributed by atoms with Crippen LogP contribution >= 0.6 is 0 Å². The lowest BCUT2D eigenvalue weighted by molar-refractivity contribution is -0.178. The molecule has 0 aromatic carbocycles. The smallest absolute Gasteiger partial charge is 0.303 e. The van der Waals surface area contributed by atoms with E-state index in [4.69, 9.17) is 14.2 Å². The second-order valence-corrected chi connectivity index (χ2v) is 5.47. The Morgan fingerprint density at radius 3 is 2.22 bits per heavy atom. The highest BCUT2D eigenvalue weighted by Crippen LogP contribution is 2.28. The summed E-state index contributed by atoms with van der Waals surface area (Å²) >= 11 is 0. The van der Waals surface area contributed by atoms with E-state index in [-0.39, 0.29) is 30.9 Å². The number of esters is 3. The molecule has 1 saturated heterocycles. The third-order valence-electron chi connectivity index (χ3n) is 3.58. The van der Waals surface area contributed by atoms with Crippen LogP contribution in [0.2, 0.25) is 0 Å². The van der Waals surface area contributed by atoms with E-state index in [1.165, 1.54) is 20.8 Å². The molecule has 0 unspecified atom stereocenters. The topological polar surface area (TPSA) is 108 Å². The average molecular weight is 329 g/mol. The van der Waals surface area contributed by atoms with Crippen molar-refractivity contribution in [2.45, 2.75) is 58.8 Å². The van der Waals surface area contributed by atoms with Crippen molar-refractivity contribution in [2.75, 3.05) is 6.61 Å². The van der Waals surface area contributed by atoms with Crippen LogP contribution in [0.25, 0.3) is 0 Å². The predicted octanol–water partition coefficient (Wildman–Crippen LogP) is 0.328. The standard InChI is InChI=1S/C15H23NO7/c1-5-12-11(6-14(20)16-12)15(23-10(4)19)13(22-9(3)18)7-21-8(2)17/h11-13,15H,5-7H2,1-4H3,(H,16,20)/t11-,12+,13+,15-/m0/s1. The maximum atomic E-state index is 11.7. The van der Waals surface area contributed by atoms with Gasteiger partial charge in [0.25, 0.3) is 0 Å². The van der Waals surface area contributed by atoms with Gasteiger partial charge in [-0.15, -0.1) is 0 Å². The van der Waals surface area contributed by atoms with E-state index in [1.807, 2.05) is 6.92 Å². The van der Waals surface area contributed by atoms with Crippen LogP contribution in [0.3, 0.4) is 0 Å². The number of carbonyl (C=O) groups is 4. The van der Waals surface area contributed by atoms with E-state index >= 15 is 0 Å². The minimum atomic E-state index is -0.966. The lowest BCUT2D eigenvalue weighted by Gasteiger charge is -2.32. The zero-order chi connectivity index (χ0) is 17.6. The van der Waals surface area contributed by atoms with Crippen LogP contribution in [0.4, 0.5) is 0 Å². The normalized spacial score (nSPS) is 22.7. The van der Waals surface area contributed by atoms with Crippen LogP contribution in [-0.2, 0) is 33.4 Å². The van der Waals surface area contributed by atoms with Crippen molar-refractivity contribution in [3.8, 4) is 0 Å². The van der Waals surface area contributed by atoms with Gasteiger partial charge in [0.2, 0.25) is 5.91 Å². The van der Waals surface area contributed by atoms with Gasteiger partial charge in [-0.25, -0.2) is 0 Å². The summed E-state index contributed by atoms with van der Waals surface area (Å²) in [5.41, 5.74) is 0. The van der Waals surface area contributed by atoms with Crippen LogP contribution in [0, 0.1) is 5.92 Å². The lowest BCUT2D eigenvalue weighted by atomic mass is 9.89. The fourth-order valence-corrected chi connectivity index (χ4v) is 2.72. The number of hydrogen-bond donors (Lipinski definition) is 1. The first-order valence-electron chi connectivity index (χ1n) is 7.51. The summed E-state index contributed by atoms with van der Waals surface area (Å²) in [7, 11) is 0. The molecule has 1 aliphatic rings. The molecule has 0 spiro atoms. The molecule has 0 aromatic rings. The van der Waals surface area contributed by atoms with Crippen LogP contribution in [0.1, 0.15) is 40.5 Å². The molecule has 1 rings (SSSR count). The Kier molecular flexibility index (Phi) is 6.99. The van der Waals surface area contributed by atoms with Crippen LogP contribution < -0.4 is 5.32 Å². The third-order valence-corrected chi connectivity index (χ3v) is 3.58. The van der Waals surface area contributed by atoms with Gasteiger partial charge >= 0.3 is 17.9 Å². The molecular weight excluding hydrogens is 306 g/mol. The highest BCUT2D eigenvalue weighted by molar-refractivity contribution is 5.79. The van der Waals surface area contributed by atoms with Crippen molar-refractivity contribution >= 4 is 23.8 Å². The molecule has 1 amide bonds. The van der Waals surface area contributed by atoms with E-state index in [0.717, 1.165) is 0 Å². The Morgan fingerprint density at radius 2 is 1.74 bits per heavy atom. The molecule has 1 heterocycles. The first-order valence-corrected chi connectivity index (χ1v) is 7.51. The first kappa shape index (κ1) is 18.9. The Hall–Kier alpha value is -2.12. The van der Waals surface area contributed by atoms with Crippen LogP contribution in [0.15, 0.2) is 0 Å². The number of nitrogens with one attached hydrogen (secondary N) is 1.